The van der Waals surface area contributed by atoms with Crippen molar-refractivity contribution in [3.8, 4) is 0 Å². The topological polar surface area (TPSA) is 117 Å². The van der Waals surface area contributed by atoms with Gasteiger partial charge in [-0.3, -0.25) is 29.8 Å². The van der Waals surface area contributed by atoms with Crippen molar-refractivity contribution in [1.82, 2.24) is 20.5 Å². The molecule has 2 aliphatic rings. The van der Waals surface area contributed by atoms with Crippen molar-refractivity contribution in [3.05, 3.63) is 125 Å². The fourth-order valence-electron chi connectivity index (χ4n) is 6.13. The third kappa shape index (κ3) is 9.64. The summed E-state index contributed by atoms with van der Waals surface area (Å²) in [4.78, 5) is 32.0. The number of piperazine rings is 1. The van der Waals surface area contributed by atoms with Gasteiger partial charge in [0.1, 0.15) is 12.9 Å². The molecule has 3 heterocycles. The molecule has 0 bridgehead atoms. The molecule has 49 heavy (non-hydrogen) atoms. The van der Waals surface area contributed by atoms with Gasteiger partial charge in [0, 0.05) is 61.6 Å². The first-order chi connectivity index (χ1) is 23.8. The number of carbonyl (C=O) groups excluding carboxylic acids is 2. The molecule has 3 aromatic carbocycles. The van der Waals surface area contributed by atoms with Gasteiger partial charge in [-0.15, -0.1) is 0 Å². The highest BCUT2D eigenvalue weighted by atomic mass is 16.7. The first-order valence-corrected chi connectivity index (χ1v) is 16.9. The Morgan fingerprint density at radius 3 is 2.51 bits per heavy atom. The number of aryl methyl sites for hydroxylation is 1. The Bertz CT molecular complexity index is 1680. The number of likely N-dealkylation sites (N-methyl/N-ethyl adjacent to an activating group) is 1. The number of nitrogens with one attached hydrogen (secondary N) is 4. The van der Waals surface area contributed by atoms with E-state index in [4.69, 9.17) is 9.47 Å². The number of pyridine rings is 1. The van der Waals surface area contributed by atoms with Gasteiger partial charge in [-0.25, -0.2) is 4.79 Å². The minimum Gasteiger partial charge on any atom is -0.429 e. The molecule has 11 nitrogen and oxygen atoms in total. The number of anilines is 2. The summed E-state index contributed by atoms with van der Waals surface area (Å²) in [7, 11) is 2.10. The summed E-state index contributed by atoms with van der Waals surface area (Å²) < 4.78 is 11.4. The first-order valence-electron chi connectivity index (χ1n) is 16.9. The van der Waals surface area contributed by atoms with E-state index in [-0.39, 0.29) is 31.6 Å². The van der Waals surface area contributed by atoms with Crippen LogP contribution in [0, 0.1) is 6.92 Å². The van der Waals surface area contributed by atoms with Crippen LogP contribution in [0.5, 0.6) is 0 Å². The number of benzene rings is 3. The molecule has 2 atom stereocenters. The predicted molar refractivity (Wildman–Crippen MR) is 189 cm³/mol. The molecule has 1 aromatic heterocycles. The lowest BCUT2D eigenvalue weighted by molar-refractivity contribution is -0.929. The lowest BCUT2D eigenvalue weighted by Crippen LogP contribution is -2.58. The number of amides is 1. The molecule has 2 unspecified atom stereocenters. The summed E-state index contributed by atoms with van der Waals surface area (Å²) in [5.74, 6) is -0.153. The van der Waals surface area contributed by atoms with E-state index in [0.29, 0.717) is 10.0 Å². The van der Waals surface area contributed by atoms with Crippen molar-refractivity contribution in [3.63, 3.8) is 0 Å². The van der Waals surface area contributed by atoms with Crippen LogP contribution in [-0.4, -0.2) is 79.2 Å². The van der Waals surface area contributed by atoms with Crippen LogP contribution in [0.25, 0.3) is 0 Å². The van der Waals surface area contributed by atoms with Gasteiger partial charge in [-0.1, -0.05) is 54.6 Å². The number of rotatable bonds is 11. The van der Waals surface area contributed by atoms with Crippen molar-refractivity contribution in [1.29, 1.82) is 0 Å². The van der Waals surface area contributed by atoms with Crippen LogP contribution in [-0.2, 0) is 22.6 Å². The number of ether oxygens (including phenoxy) is 2. The lowest BCUT2D eigenvalue weighted by Gasteiger charge is -2.41. The molecule has 0 spiro atoms. The van der Waals surface area contributed by atoms with Crippen LogP contribution in [0.3, 0.4) is 0 Å². The van der Waals surface area contributed by atoms with Crippen molar-refractivity contribution in [2.45, 2.75) is 38.8 Å². The number of hydrogen-bond acceptors (Lipinski definition) is 9. The van der Waals surface area contributed by atoms with E-state index in [1.165, 1.54) is 5.56 Å². The number of carbonyl (C=O) groups is 2. The highest BCUT2D eigenvalue weighted by Gasteiger charge is 2.30. The van der Waals surface area contributed by atoms with Gasteiger partial charge < -0.3 is 20.1 Å². The predicted octanol–water partition coefficient (Wildman–Crippen LogP) is 5.24. The second kappa shape index (κ2) is 16.1. The Kier molecular flexibility index (Phi) is 11.2. The van der Waals surface area contributed by atoms with Crippen LogP contribution in [0.1, 0.15) is 45.1 Å². The maximum absolute atomic E-state index is 13.2. The standard InChI is InChI=1S/C38H45N7O4/c1-28-10-15-33(23-35(28)43-37-40-18-16-34(42-37)32-9-6-17-39-24-32)41-36(46)31-13-11-29(12-14-31)25-44-19-21-45(2,22-20-44)27-49-38(47)48-26-30-7-4-3-5-8-30/h3-15,17,23-24,34,37,40,42-43H,16,18-22,25-27H2,1-2H3/p+1. The fourth-order valence-corrected chi connectivity index (χ4v) is 6.13. The number of quaternary nitrogens is 1. The number of aromatic nitrogens is 1. The zero-order chi connectivity index (χ0) is 34.1. The summed E-state index contributed by atoms with van der Waals surface area (Å²) in [5.41, 5.74) is 6.59. The minimum absolute atomic E-state index is 0.119. The molecular formula is C38H46N7O4+. The summed E-state index contributed by atoms with van der Waals surface area (Å²) >= 11 is 0. The Morgan fingerprint density at radius 2 is 1.76 bits per heavy atom. The molecule has 0 aliphatic carbocycles. The average molecular weight is 665 g/mol. The SMILES string of the molecule is Cc1ccc(NC(=O)c2ccc(CN3CC[N+](C)(COC(=O)OCc4ccccc4)CC3)cc2)cc1NC1NCCC(c2cccnc2)N1. The Hall–Kier alpha value is -4.81. The molecule has 2 aliphatic heterocycles. The van der Waals surface area contributed by atoms with Gasteiger partial charge in [0.05, 0.1) is 20.1 Å². The molecule has 4 N–H and O–H groups in total. The number of hydrogen-bond donors (Lipinski definition) is 4. The maximum atomic E-state index is 13.2. The summed E-state index contributed by atoms with van der Waals surface area (Å²) in [5, 5.41) is 13.7. The van der Waals surface area contributed by atoms with Crippen LogP contribution in [0.15, 0.2) is 97.3 Å². The molecule has 4 aromatic rings. The van der Waals surface area contributed by atoms with Crippen molar-refractivity contribution in [2.24, 2.45) is 0 Å². The monoisotopic (exact) mass is 664 g/mol. The van der Waals surface area contributed by atoms with Crippen LogP contribution < -0.4 is 21.3 Å². The fraction of sp³-hybridized carbons (Fsp3) is 0.342. The molecule has 0 radical (unpaired) electrons. The molecule has 1 amide bonds. The van der Waals surface area contributed by atoms with Gasteiger partial charge in [-0.2, -0.15) is 0 Å². The largest absolute Gasteiger partial charge is 0.512 e. The third-order valence-corrected chi connectivity index (χ3v) is 9.26. The normalized spacial score (nSPS) is 19.1. The highest BCUT2D eigenvalue weighted by Crippen LogP contribution is 2.24. The van der Waals surface area contributed by atoms with Gasteiger partial charge in [-0.05, 0) is 65.9 Å². The molecule has 6 rings (SSSR count). The van der Waals surface area contributed by atoms with E-state index in [0.717, 1.165) is 73.8 Å². The summed E-state index contributed by atoms with van der Waals surface area (Å²) in [6.45, 7) is 7.66. The molecular weight excluding hydrogens is 618 g/mol. The maximum Gasteiger partial charge on any atom is 0.512 e. The molecule has 2 saturated heterocycles. The average Bonchev–Trinajstić information content (AvgIpc) is 3.13. The zero-order valence-corrected chi connectivity index (χ0v) is 28.2. The van der Waals surface area contributed by atoms with Crippen LogP contribution in [0.4, 0.5) is 16.2 Å². The summed E-state index contributed by atoms with van der Waals surface area (Å²) in [6.07, 6.45) is 3.91. The van der Waals surface area contributed by atoms with Crippen molar-refractivity contribution in [2.75, 3.05) is 57.1 Å². The van der Waals surface area contributed by atoms with Gasteiger partial charge in [0.2, 0.25) is 6.73 Å². The van der Waals surface area contributed by atoms with Crippen LogP contribution >= 0.6 is 0 Å². The lowest BCUT2D eigenvalue weighted by atomic mass is 10.0. The van der Waals surface area contributed by atoms with Crippen LogP contribution in [0.2, 0.25) is 0 Å². The van der Waals surface area contributed by atoms with Gasteiger partial charge in [0.25, 0.3) is 5.91 Å². The quantitative estimate of drug-likeness (QED) is 0.126. The van der Waals surface area contributed by atoms with E-state index in [2.05, 4.69) is 44.3 Å². The Balaban J connectivity index is 0.946. The first kappa shape index (κ1) is 34.1. The molecule has 256 valence electrons. The number of nitrogens with zero attached hydrogens (tertiary/aromatic N) is 3. The van der Waals surface area contributed by atoms with E-state index < -0.39 is 6.16 Å². The van der Waals surface area contributed by atoms with E-state index in [1.807, 2.05) is 92.0 Å². The summed E-state index contributed by atoms with van der Waals surface area (Å²) in [6, 6.07) is 27.5. The van der Waals surface area contributed by atoms with Crippen molar-refractivity contribution >= 4 is 23.4 Å². The Labute approximate surface area is 288 Å². The zero-order valence-electron chi connectivity index (χ0n) is 28.2. The smallest absolute Gasteiger partial charge is 0.429 e. The molecule has 2 fully saturated rings. The highest BCUT2D eigenvalue weighted by molar-refractivity contribution is 6.04. The molecule has 0 saturated carbocycles. The van der Waals surface area contributed by atoms with Gasteiger partial charge >= 0.3 is 6.16 Å². The van der Waals surface area contributed by atoms with Crippen molar-refractivity contribution < 1.29 is 23.5 Å². The Morgan fingerprint density at radius 1 is 0.959 bits per heavy atom. The van der Waals surface area contributed by atoms with Gasteiger partial charge in [0.15, 0.2) is 0 Å². The molecule has 11 heteroatoms. The minimum atomic E-state index is -0.640. The van der Waals surface area contributed by atoms with E-state index in [1.54, 1.807) is 6.20 Å². The second-order valence-corrected chi connectivity index (χ2v) is 13.1. The second-order valence-electron chi connectivity index (χ2n) is 13.1. The third-order valence-electron chi connectivity index (χ3n) is 9.26. The van der Waals surface area contributed by atoms with E-state index in [9.17, 15) is 9.59 Å². The van der Waals surface area contributed by atoms with E-state index >= 15 is 0 Å².